The number of carbonyl (C=O) groups is 1. The van der Waals surface area contributed by atoms with Gasteiger partial charge in [0.2, 0.25) is 0 Å². The van der Waals surface area contributed by atoms with Gasteiger partial charge >= 0.3 is 0 Å². The molecule has 4 aromatic rings. The first kappa shape index (κ1) is 21.5. The molecule has 0 aliphatic carbocycles. The van der Waals surface area contributed by atoms with E-state index in [1.165, 1.54) is 0 Å². The number of benzene rings is 2. The number of amides is 1. The standard InChI is InChI=1S/C26H27N5O/c1-31(2)18-6-9-21-14-15-23-24(16-17-27-25(23)29-21)28-22-12-10-19(11-13-22)26(32)30-20-7-4-3-5-8-20/h3-5,7-8,10-17H,6,9,18H2,1-2H3,(H,30,32)(H,27,28,29). The van der Waals surface area contributed by atoms with E-state index >= 15 is 0 Å². The maximum absolute atomic E-state index is 12.5. The maximum Gasteiger partial charge on any atom is 0.255 e. The van der Waals surface area contributed by atoms with E-state index in [1.807, 2.05) is 60.7 Å². The van der Waals surface area contributed by atoms with Crippen LogP contribution in [0.1, 0.15) is 22.5 Å². The van der Waals surface area contributed by atoms with Crippen LogP contribution in [-0.4, -0.2) is 41.4 Å². The summed E-state index contributed by atoms with van der Waals surface area (Å²) in [5, 5.41) is 7.29. The van der Waals surface area contributed by atoms with Crippen molar-refractivity contribution in [3.05, 3.63) is 90.3 Å². The SMILES string of the molecule is CN(C)CCCc1ccc2c(Nc3ccc(C(=O)Nc4ccccc4)cc3)ccnc2n1. The average Bonchev–Trinajstić information content (AvgIpc) is 2.80. The van der Waals surface area contributed by atoms with Crippen molar-refractivity contribution >= 4 is 34.0 Å². The normalized spacial score (nSPS) is 11.0. The Morgan fingerprint density at radius 2 is 1.69 bits per heavy atom. The van der Waals surface area contributed by atoms with Gasteiger partial charge in [-0.15, -0.1) is 0 Å². The van der Waals surface area contributed by atoms with Gasteiger partial charge in [-0.3, -0.25) is 4.79 Å². The number of hydrogen-bond acceptors (Lipinski definition) is 5. The quantitative estimate of drug-likeness (QED) is 0.410. The van der Waals surface area contributed by atoms with Crippen molar-refractivity contribution < 1.29 is 4.79 Å². The summed E-state index contributed by atoms with van der Waals surface area (Å²) in [6, 6.07) is 22.9. The van der Waals surface area contributed by atoms with Crippen LogP contribution in [0.5, 0.6) is 0 Å². The number of fused-ring (bicyclic) bond motifs is 1. The summed E-state index contributed by atoms with van der Waals surface area (Å²) >= 11 is 0. The molecule has 2 N–H and O–H groups in total. The van der Waals surface area contributed by atoms with E-state index in [0.29, 0.717) is 5.56 Å². The van der Waals surface area contributed by atoms with E-state index in [4.69, 9.17) is 4.98 Å². The van der Waals surface area contributed by atoms with Crippen LogP contribution < -0.4 is 10.6 Å². The van der Waals surface area contributed by atoms with Crippen molar-refractivity contribution in [1.29, 1.82) is 0 Å². The molecule has 0 aliphatic heterocycles. The fourth-order valence-electron chi connectivity index (χ4n) is 3.48. The number of aryl methyl sites for hydroxylation is 1. The van der Waals surface area contributed by atoms with Gasteiger partial charge in [-0.2, -0.15) is 0 Å². The molecule has 0 aliphatic rings. The molecular weight excluding hydrogens is 398 g/mol. The zero-order valence-corrected chi connectivity index (χ0v) is 18.4. The van der Waals surface area contributed by atoms with E-state index in [1.54, 1.807) is 6.20 Å². The lowest BCUT2D eigenvalue weighted by Crippen LogP contribution is -2.13. The second-order valence-corrected chi connectivity index (χ2v) is 7.96. The topological polar surface area (TPSA) is 70.2 Å². The monoisotopic (exact) mass is 425 g/mol. The van der Waals surface area contributed by atoms with Crippen LogP contribution in [0.2, 0.25) is 0 Å². The first-order valence-electron chi connectivity index (χ1n) is 10.7. The largest absolute Gasteiger partial charge is 0.355 e. The first-order chi connectivity index (χ1) is 15.6. The van der Waals surface area contributed by atoms with Crippen LogP contribution in [0.25, 0.3) is 11.0 Å². The van der Waals surface area contributed by atoms with Crippen LogP contribution in [0, 0.1) is 0 Å². The molecule has 4 rings (SSSR count). The van der Waals surface area contributed by atoms with Gasteiger partial charge in [0.25, 0.3) is 5.91 Å². The Balaban J connectivity index is 1.45. The first-order valence-corrected chi connectivity index (χ1v) is 10.7. The number of rotatable bonds is 8. The molecule has 6 nitrogen and oxygen atoms in total. The van der Waals surface area contributed by atoms with Gasteiger partial charge in [-0.1, -0.05) is 18.2 Å². The van der Waals surface area contributed by atoms with E-state index in [-0.39, 0.29) is 5.91 Å². The number of carbonyl (C=O) groups excluding carboxylic acids is 1. The third-order valence-electron chi connectivity index (χ3n) is 5.16. The summed E-state index contributed by atoms with van der Waals surface area (Å²) in [7, 11) is 4.16. The van der Waals surface area contributed by atoms with Gasteiger partial charge in [0, 0.05) is 34.2 Å². The molecule has 0 bridgehead atoms. The zero-order chi connectivity index (χ0) is 22.3. The van der Waals surface area contributed by atoms with Crippen LogP contribution in [0.4, 0.5) is 17.1 Å². The van der Waals surface area contributed by atoms with Crippen LogP contribution in [-0.2, 0) is 6.42 Å². The van der Waals surface area contributed by atoms with Gasteiger partial charge in [-0.25, -0.2) is 9.97 Å². The van der Waals surface area contributed by atoms with Crippen molar-refractivity contribution in [1.82, 2.24) is 14.9 Å². The molecule has 2 aromatic carbocycles. The predicted octanol–water partition coefficient (Wildman–Crippen LogP) is 5.12. The smallest absolute Gasteiger partial charge is 0.255 e. The zero-order valence-electron chi connectivity index (χ0n) is 18.4. The van der Waals surface area contributed by atoms with Gasteiger partial charge in [-0.05, 0) is 88.1 Å². The van der Waals surface area contributed by atoms with Crippen molar-refractivity contribution in [2.24, 2.45) is 0 Å². The molecule has 0 fully saturated rings. The minimum absolute atomic E-state index is 0.136. The van der Waals surface area contributed by atoms with Gasteiger partial charge < -0.3 is 15.5 Å². The number of pyridine rings is 2. The average molecular weight is 426 g/mol. The summed E-state index contributed by atoms with van der Waals surface area (Å²) in [6.07, 6.45) is 3.76. The lowest BCUT2D eigenvalue weighted by Gasteiger charge is -2.11. The minimum atomic E-state index is -0.136. The number of para-hydroxylation sites is 1. The van der Waals surface area contributed by atoms with E-state index in [9.17, 15) is 4.79 Å². The number of aromatic nitrogens is 2. The van der Waals surface area contributed by atoms with Gasteiger partial charge in [0.05, 0.1) is 5.69 Å². The van der Waals surface area contributed by atoms with E-state index in [2.05, 4.69) is 46.7 Å². The lowest BCUT2D eigenvalue weighted by molar-refractivity contribution is 0.102. The van der Waals surface area contributed by atoms with Crippen LogP contribution in [0.15, 0.2) is 79.0 Å². The summed E-state index contributed by atoms with van der Waals surface area (Å²) in [4.78, 5) is 23.8. The Labute approximate surface area is 188 Å². The lowest BCUT2D eigenvalue weighted by atomic mass is 10.1. The summed E-state index contributed by atoms with van der Waals surface area (Å²) < 4.78 is 0. The van der Waals surface area contributed by atoms with Gasteiger partial charge in [0.15, 0.2) is 5.65 Å². The molecule has 6 heteroatoms. The highest BCUT2D eigenvalue weighted by Crippen LogP contribution is 2.25. The maximum atomic E-state index is 12.5. The third kappa shape index (κ3) is 5.47. The fraction of sp³-hybridized carbons (Fsp3) is 0.192. The molecule has 0 radical (unpaired) electrons. The molecule has 0 atom stereocenters. The van der Waals surface area contributed by atoms with Gasteiger partial charge in [0.1, 0.15) is 0 Å². The Morgan fingerprint density at radius 1 is 0.906 bits per heavy atom. The second kappa shape index (κ2) is 10.0. The molecule has 32 heavy (non-hydrogen) atoms. The highest BCUT2D eigenvalue weighted by atomic mass is 16.1. The highest BCUT2D eigenvalue weighted by Gasteiger charge is 2.08. The van der Waals surface area contributed by atoms with Crippen LogP contribution in [0.3, 0.4) is 0 Å². The highest BCUT2D eigenvalue weighted by molar-refractivity contribution is 6.04. The molecule has 162 valence electrons. The summed E-state index contributed by atoms with van der Waals surface area (Å²) in [5.41, 5.74) is 4.99. The van der Waals surface area contributed by atoms with E-state index < -0.39 is 0 Å². The molecule has 2 heterocycles. The minimum Gasteiger partial charge on any atom is -0.355 e. The Morgan fingerprint density at radius 3 is 2.44 bits per heavy atom. The Bertz CT molecular complexity index is 1190. The second-order valence-electron chi connectivity index (χ2n) is 7.96. The number of nitrogens with zero attached hydrogens (tertiary/aromatic N) is 3. The summed E-state index contributed by atoms with van der Waals surface area (Å²) in [6.45, 7) is 1.04. The molecule has 0 spiro atoms. The number of hydrogen-bond donors (Lipinski definition) is 2. The molecule has 1 amide bonds. The molecule has 0 saturated carbocycles. The van der Waals surface area contributed by atoms with Crippen molar-refractivity contribution in [2.45, 2.75) is 12.8 Å². The number of anilines is 3. The summed E-state index contributed by atoms with van der Waals surface area (Å²) in [5.74, 6) is -0.136. The predicted molar refractivity (Wildman–Crippen MR) is 131 cm³/mol. The fourth-order valence-corrected chi connectivity index (χ4v) is 3.48. The number of nitrogens with one attached hydrogen (secondary N) is 2. The molecule has 2 aromatic heterocycles. The third-order valence-corrected chi connectivity index (χ3v) is 5.16. The van der Waals surface area contributed by atoms with Crippen molar-refractivity contribution in [3.8, 4) is 0 Å². The Hall–Kier alpha value is -3.77. The molecular formula is C26H27N5O. The van der Waals surface area contributed by atoms with E-state index in [0.717, 1.165) is 53.2 Å². The molecule has 0 saturated heterocycles. The van der Waals surface area contributed by atoms with Crippen molar-refractivity contribution in [3.63, 3.8) is 0 Å². The van der Waals surface area contributed by atoms with Crippen molar-refractivity contribution in [2.75, 3.05) is 31.3 Å². The Kier molecular flexibility index (Phi) is 6.72. The molecule has 0 unspecified atom stereocenters. The van der Waals surface area contributed by atoms with Crippen LogP contribution >= 0.6 is 0 Å².